The predicted octanol–water partition coefficient (Wildman–Crippen LogP) is 2.84. The molecule has 0 radical (unpaired) electrons. The Labute approximate surface area is 151 Å². The van der Waals surface area contributed by atoms with Crippen molar-refractivity contribution >= 4 is 29.2 Å². The Bertz CT molecular complexity index is 804. The summed E-state index contributed by atoms with van der Waals surface area (Å²) in [4.78, 5) is 35.3. The van der Waals surface area contributed by atoms with Crippen molar-refractivity contribution in [2.75, 3.05) is 23.8 Å². The Morgan fingerprint density at radius 2 is 1.58 bits per heavy atom. The van der Waals surface area contributed by atoms with Gasteiger partial charge < -0.3 is 20.1 Å². The van der Waals surface area contributed by atoms with Crippen LogP contribution >= 0.6 is 0 Å². The molecule has 2 aromatic rings. The van der Waals surface area contributed by atoms with Gasteiger partial charge in [0.05, 0.1) is 23.5 Å². The van der Waals surface area contributed by atoms with E-state index in [2.05, 4.69) is 10.6 Å². The van der Waals surface area contributed by atoms with Crippen molar-refractivity contribution in [3.8, 4) is 5.75 Å². The van der Waals surface area contributed by atoms with Gasteiger partial charge >= 0.3 is 5.97 Å². The molecule has 0 saturated carbocycles. The van der Waals surface area contributed by atoms with Crippen molar-refractivity contribution in [1.82, 2.24) is 0 Å². The highest BCUT2D eigenvalue weighted by Gasteiger charge is 2.14. The monoisotopic (exact) mass is 356 g/mol. The molecular formula is C19H20N2O5. The van der Waals surface area contributed by atoms with Crippen molar-refractivity contribution in [2.24, 2.45) is 0 Å². The second-order valence-electron chi connectivity index (χ2n) is 5.28. The Morgan fingerprint density at radius 1 is 0.923 bits per heavy atom. The van der Waals surface area contributed by atoms with E-state index in [-0.39, 0.29) is 24.7 Å². The van der Waals surface area contributed by atoms with Gasteiger partial charge in [0.1, 0.15) is 5.75 Å². The van der Waals surface area contributed by atoms with Crippen LogP contribution in [0.4, 0.5) is 11.4 Å². The van der Waals surface area contributed by atoms with Crippen LogP contribution in [0.5, 0.6) is 5.75 Å². The van der Waals surface area contributed by atoms with Crippen LogP contribution in [0.3, 0.4) is 0 Å². The summed E-state index contributed by atoms with van der Waals surface area (Å²) in [5.74, 6) is -0.829. The molecule has 0 fully saturated rings. The van der Waals surface area contributed by atoms with E-state index < -0.39 is 11.9 Å². The molecule has 0 aliphatic heterocycles. The van der Waals surface area contributed by atoms with Crippen LogP contribution in [-0.4, -0.2) is 31.0 Å². The lowest BCUT2D eigenvalue weighted by Crippen LogP contribution is -2.22. The van der Waals surface area contributed by atoms with Crippen molar-refractivity contribution in [1.29, 1.82) is 0 Å². The number of carbonyl (C=O) groups is 3. The number of hydrogen-bond donors (Lipinski definition) is 2. The van der Waals surface area contributed by atoms with Crippen LogP contribution in [0.1, 0.15) is 24.2 Å². The van der Waals surface area contributed by atoms with Gasteiger partial charge in [-0.2, -0.15) is 0 Å². The molecule has 0 bridgehead atoms. The highest BCUT2D eigenvalue weighted by atomic mass is 16.5. The number of anilines is 2. The van der Waals surface area contributed by atoms with E-state index >= 15 is 0 Å². The van der Waals surface area contributed by atoms with E-state index in [9.17, 15) is 14.4 Å². The Morgan fingerprint density at radius 3 is 2.27 bits per heavy atom. The van der Waals surface area contributed by atoms with Crippen LogP contribution in [0.2, 0.25) is 0 Å². The molecule has 0 atom stereocenters. The van der Waals surface area contributed by atoms with Crippen molar-refractivity contribution < 1.29 is 23.9 Å². The minimum atomic E-state index is -0.514. The lowest BCUT2D eigenvalue weighted by Gasteiger charge is -2.13. The molecule has 0 aliphatic rings. The van der Waals surface area contributed by atoms with Crippen molar-refractivity contribution in [3.05, 3.63) is 54.1 Å². The summed E-state index contributed by atoms with van der Waals surface area (Å²) in [6, 6.07) is 13.3. The Balaban J connectivity index is 2.03. The fourth-order valence-corrected chi connectivity index (χ4v) is 2.19. The third-order valence-corrected chi connectivity index (χ3v) is 3.25. The summed E-state index contributed by atoms with van der Waals surface area (Å²) >= 11 is 0. The minimum Gasteiger partial charge on any atom is -0.482 e. The SMILES string of the molecule is CCOC(=O)c1ccccc1NC(=O)COc1ccccc1NC(C)=O. The molecule has 7 nitrogen and oxygen atoms in total. The summed E-state index contributed by atoms with van der Waals surface area (Å²) in [6.45, 7) is 3.05. The molecular weight excluding hydrogens is 336 g/mol. The van der Waals surface area contributed by atoms with Crippen molar-refractivity contribution in [2.45, 2.75) is 13.8 Å². The normalized spacial score (nSPS) is 9.92. The standard InChI is InChI=1S/C19H20N2O5/c1-3-25-19(24)14-8-4-5-9-15(14)21-18(23)12-26-17-11-7-6-10-16(17)20-13(2)22/h4-11H,3,12H2,1-2H3,(H,20,22)(H,21,23). The van der Waals surface area contributed by atoms with Crippen molar-refractivity contribution in [3.63, 3.8) is 0 Å². The molecule has 0 aliphatic carbocycles. The lowest BCUT2D eigenvalue weighted by molar-refractivity contribution is -0.118. The largest absolute Gasteiger partial charge is 0.482 e. The number of nitrogens with one attached hydrogen (secondary N) is 2. The molecule has 2 N–H and O–H groups in total. The van der Waals surface area contributed by atoms with Gasteiger partial charge in [-0.1, -0.05) is 24.3 Å². The topological polar surface area (TPSA) is 93.7 Å². The molecule has 0 spiro atoms. The van der Waals surface area contributed by atoms with E-state index in [4.69, 9.17) is 9.47 Å². The summed E-state index contributed by atoms with van der Waals surface area (Å²) in [5.41, 5.74) is 1.08. The van der Waals surface area contributed by atoms with E-state index in [1.165, 1.54) is 6.92 Å². The molecule has 0 saturated heterocycles. The third-order valence-electron chi connectivity index (χ3n) is 3.25. The Hall–Kier alpha value is -3.35. The highest BCUT2D eigenvalue weighted by Crippen LogP contribution is 2.23. The Kier molecular flexibility index (Phi) is 6.73. The van der Waals surface area contributed by atoms with E-state index in [1.54, 1.807) is 55.5 Å². The summed E-state index contributed by atoms with van der Waals surface area (Å²) in [6.07, 6.45) is 0. The van der Waals surface area contributed by atoms with E-state index in [0.29, 0.717) is 17.1 Å². The maximum atomic E-state index is 12.2. The van der Waals surface area contributed by atoms with Crippen LogP contribution < -0.4 is 15.4 Å². The molecule has 2 amide bonds. The average molecular weight is 356 g/mol. The molecule has 136 valence electrons. The molecule has 7 heteroatoms. The first-order valence-electron chi connectivity index (χ1n) is 8.06. The number of benzene rings is 2. The van der Waals surface area contributed by atoms with Gasteiger partial charge in [0.15, 0.2) is 6.61 Å². The zero-order chi connectivity index (χ0) is 18.9. The van der Waals surface area contributed by atoms with Gasteiger partial charge in [0, 0.05) is 6.92 Å². The molecule has 2 rings (SSSR count). The fourth-order valence-electron chi connectivity index (χ4n) is 2.19. The first kappa shape index (κ1) is 19.0. The maximum absolute atomic E-state index is 12.2. The summed E-state index contributed by atoms with van der Waals surface area (Å²) < 4.78 is 10.4. The molecule has 0 heterocycles. The molecule has 26 heavy (non-hydrogen) atoms. The number of hydrogen-bond acceptors (Lipinski definition) is 5. The number of rotatable bonds is 7. The molecule has 0 aromatic heterocycles. The van der Waals surface area contributed by atoms with Crippen LogP contribution in [0.25, 0.3) is 0 Å². The first-order chi connectivity index (χ1) is 12.5. The number of esters is 1. The van der Waals surface area contributed by atoms with Crippen LogP contribution in [0, 0.1) is 0 Å². The number of carbonyl (C=O) groups excluding carboxylic acids is 3. The maximum Gasteiger partial charge on any atom is 0.340 e. The second kappa shape index (κ2) is 9.22. The minimum absolute atomic E-state index is 0.240. The van der Waals surface area contributed by atoms with Crippen LogP contribution in [0.15, 0.2) is 48.5 Å². The second-order valence-corrected chi connectivity index (χ2v) is 5.28. The van der Waals surface area contributed by atoms with Gasteiger partial charge in [-0.3, -0.25) is 9.59 Å². The van der Waals surface area contributed by atoms with Crippen LogP contribution in [-0.2, 0) is 14.3 Å². The van der Waals surface area contributed by atoms with Gasteiger partial charge in [-0.05, 0) is 31.2 Å². The zero-order valence-electron chi connectivity index (χ0n) is 14.6. The number of ether oxygens (including phenoxy) is 2. The average Bonchev–Trinajstić information content (AvgIpc) is 2.61. The molecule has 2 aromatic carbocycles. The van der Waals surface area contributed by atoms with E-state index in [0.717, 1.165) is 0 Å². The van der Waals surface area contributed by atoms with Gasteiger partial charge in [0.25, 0.3) is 5.91 Å². The van der Waals surface area contributed by atoms with Gasteiger partial charge in [-0.25, -0.2) is 4.79 Å². The summed E-state index contributed by atoms with van der Waals surface area (Å²) in [5, 5.41) is 5.26. The first-order valence-corrected chi connectivity index (χ1v) is 8.06. The third kappa shape index (κ3) is 5.34. The van der Waals surface area contributed by atoms with Gasteiger partial charge in [0.2, 0.25) is 5.91 Å². The highest BCUT2D eigenvalue weighted by molar-refractivity contribution is 6.01. The zero-order valence-corrected chi connectivity index (χ0v) is 14.6. The molecule has 0 unspecified atom stereocenters. The predicted molar refractivity (Wildman–Crippen MR) is 97.3 cm³/mol. The lowest BCUT2D eigenvalue weighted by atomic mass is 10.2. The number of amides is 2. The van der Waals surface area contributed by atoms with E-state index in [1.807, 2.05) is 0 Å². The smallest absolute Gasteiger partial charge is 0.340 e. The number of para-hydroxylation sites is 3. The summed E-state index contributed by atoms with van der Waals surface area (Å²) in [7, 11) is 0. The quantitative estimate of drug-likeness (QED) is 0.744. The fraction of sp³-hybridized carbons (Fsp3) is 0.211. The van der Waals surface area contributed by atoms with Gasteiger partial charge in [-0.15, -0.1) is 0 Å².